The normalized spacial score (nSPS) is 50.1. The maximum atomic E-state index is 13.9. The van der Waals surface area contributed by atoms with Crippen LogP contribution >= 0.6 is 0 Å². The number of nitrogens with one attached hydrogen (secondary N) is 1. The lowest BCUT2D eigenvalue weighted by Crippen LogP contribution is -2.81. The summed E-state index contributed by atoms with van der Waals surface area (Å²) in [6, 6.07) is 18.3. The molecule has 8 fully saturated rings. The van der Waals surface area contributed by atoms with Crippen LogP contribution in [0.15, 0.2) is 59.8 Å². The molecule has 266 valence electrons. The molecule has 9 heterocycles. The van der Waals surface area contributed by atoms with Crippen molar-refractivity contribution >= 4 is 17.3 Å². The van der Waals surface area contributed by atoms with E-state index in [1.165, 1.54) is 23.9 Å². The lowest BCUT2D eigenvalue weighted by molar-refractivity contribution is -0.226. The van der Waals surface area contributed by atoms with Crippen LogP contribution in [0, 0.1) is 22.2 Å². The number of epoxide rings is 1. The number of hydrogen-bond acceptors (Lipinski definition) is 9. The number of esters is 1. The van der Waals surface area contributed by atoms with Gasteiger partial charge in [0.15, 0.2) is 5.72 Å². The molecule has 9 nitrogen and oxygen atoms in total. The van der Waals surface area contributed by atoms with Crippen molar-refractivity contribution in [1.82, 2.24) is 9.80 Å². The summed E-state index contributed by atoms with van der Waals surface area (Å²) in [7, 11) is 1.53. The molecule has 2 N–H and O–H groups in total. The summed E-state index contributed by atoms with van der Waals surface area (Å²) in [6.45, 7) is 7.83. The summed E-state index contributed by atoms with van der Waals surface area (Å²) in [5, 5.41) is 17.6. The van der Waals surface area contributed by atoms with Crippen molar-refractivity contribution in [3.8, 4) is 0 Å². The Hall–Kier alpha value is -2.95. The summed E-state index contributed by atoms with van der Waals surface area (Å²) in [6.07, 6.45) is 7.13. The quantitative estimate of drug-likeness (QED) is 0.357. The molecule has 13 rings (SSSR count). The van der Waals surface area contributed by atoms with E-state index >= 15 is 0 Å². The maximum absolute atomic E-state index is 13.9. The Morgan fingerprint density at radius 1 is 1.00 bits per heavy atom. The van der Waals surface area contributed by atoms with Crippen LogP contribution in [-0.4, -0.2) is 103 Å². The van der Waals surface area contributed by atoms with Crippen molar-refractivity contribution in [2.45, 2.75) is 98.8 Å². The van der Waals surface area contributed by atoms with Crippen LogP contribution in [0.2, 0.25) is 0 Å². The van der Waals surface area contributed by atoms with Crippen molar-refractivity contribution in [2.75, 3.05) is 56.7 Å². The number of methoxy groups -OCH3 is 1. The Kier molecular flexibility index (Phi) is 5.13. The van der Waals surface area contributed by atoms with Gasteiger partial charge in [0, 0.05) is 77.6 Å². The van der Waals surface area contributed by atoms with Crippen LogP contribution in [-0.2, 0) is 29.8 Å². The third-order valence-corrected chi connectivity index (χ3v) is 17.4. The third-order valence-electron chi connectivity index (χ3n) is 17.4. The largest absolute Gasteiger partial charge is 0.466 e. The number of carbonyl (C=O) groups is 1. The van der Waals surface area contributed by atoms with Crippen molar-refractivity contribution in [2.24, 2.45) is 22.2 Å². The molecule has 0 bridgehead atoms. The highest BCUT2D eigenvalue weighted by atomic mass is 16.6. The smallest absolute Gasteiger partial charge is 0.335 e. The summed E-state index contributed by atoms with van der Waals surface area (Å²) in [5.74, 6) is -0.129. The van der Waals surface area contributed by atoms with E-state index in [0.717, 1.165) is 88.2 Å². The average Bonchev–Trinajstić information content (AvgIpc) is 3.49. The zero-order valence-corrected chi connectivity index (χ0v) is 29.7. The van der Waals surface area contributed by atoms with Gasteiger partial charge in [-0.15, -0.1) is 0 Å². The lowest BCUT2D eigenvalue weighted by Gasteiger charge is -2.70. The second-order valence-corrected chi connectivity index (χ2v) is 18.6. The highest BCUT2D eigenvalue weighted by Crippen LogP contribution is 2.77. The Morgan fingerprint density at radius 3 is 2.69 bits per heavy atom. The zero-order chi connectivity index (χ0) is 33.9. The minimum Gasteiger partial charge on any atom is -0.466 e. The molecular formula is C42H48N4O5. The zero-order valence-electron chi connectivity index (χ0n) is 29.7. The summed E-state index contributed by atoms with van der Waals surface area (Å²) >= 11 is 0. The summed E-state index contributed by atoms with van der Waals surface area (Å²) in [5.41, 5.74) is 4.92. The van der Waals surface area contributed by atoms with E-state index in [4.69, 9.17) is 14.2 Å². The monoisotopic (exact) mass is 688 g/mol. The van der Waals surface area contributed by atoms with E-state index in [2.05, 4.69) is 75.5 Å². The third kappa shape index (κ3) is 2.85. The van der Waals surface area contributed by atoms with Crippen LogP contribution in [0.4, 0.5) is 11.4 Å². The van der Waals surface area contributed by atoms with Gasteiger partial charge in [0.05, 0.1) is 41.8 Å². The number of benzene rings is 2. The van der Waals surface area contributed by atoms with Gasteiger partial charge in [0.25, 0.3) is 0 Å². The Morgan fingerprint density at radius 2 is 1.82 bits per heavy atom. The van der Waals surface area contributed by atoms with E-state index in [1.807, 2.05) is 0 Å². The van der Waals surface area contributed by atoms with Crippen LogP contribution in [0.25, 0.3) is 0 Å². The fraction of sp³-hybridized carbons (Fsp3) is 0.643. The Balaban J connectivity index is 1.01. The molecule has 2 aromatic rings. The first kappa shape index (κ1) is 29.5. The average molecular weight is 689 g/mol. The molecule has 12 atom stereocenters. The number of fused-ring (bicyclic) bond motifs is 6. The maximum Gasteiger partial charge on any atom is 0.335 e. The fourth-order valence-corrected chi connectivity index (χ4v) is 16.4. The number of carbonyl (C=O) groups excluding carboxylic acids is 1. The van der Waals surface area contributed by atoms with Crippen molar-refractivity contribution in [1.29, 1.82) is 0 Å². The molecule has 0 amide bonds. The first-order chi connectivity index (χ1) is 24.8. The molecular weight excluding hydrogens is 640 g/mol. The number of hydrogen-bond donors (Lipinski definition) is 2. The van der Waals surface area contributed by atoms with Crippen LogP contribution in [0.5, 0.6) is 0 Å². The van der Waals surface area contributed by atoms with E-state index < -0.39 is 5.72 Å². The van der Waals surface area contributed by atoms with E-state index in [1.54, 1.807) is 0 Å². The van der Waals surface area contributed by atoms with Gasteiger partial charge in [0.2, 0.25) is 0 Å². The predicted octanol–water partition coefficient (Wildman–Crippen LogP) is 4.15. The van der Waals surface area contributed by atoms with Gasteiger partial charge in [-0.25, -0.2) is 4.79 Å². The van der Waals surface area contributed by atoms with E-state index in [0.29, 0.717) is 19.1 Å². The molecule has 9 heteroatoms. The molecule has 11 aliphatic rings. The second kappa shape index (κ2) is 8.87. The molecule has 7 saturated heterocycles. The highest BCUT2D eigenvalue weighted by Gasteiger charge is 2.84. The van der Waals surface area contributed by atoms with Crippen molar-refractivity contribution in [3.05, 3.63) is 70.9 Å². The van der Waals surface area contributed by atoms with Crippen LogP contribution in [0.3, 0.4) is 0 Å². The van der Waals surface area contributed by atoms with Gasteiger partial charge in [-0.1, -0.05) is 43.3 Å². The first-order valence-electron chi connectivity index (χ1n) is 19.8. The molecule has 0 radical (unpaired) electrons. The molecule has 1 saturated carbocycles. The molecule has 4 spiro atoms. The van der Waals surface area contributed by atoms with E-state index in [-0.39, 0.29) is 63.3 Å². The Labute approximate surface area is 299 Å². The van der Waals surface area contributed by atoms with Crippen LogP contribution < -0.4 is 10.2 Å². The molecule has 51 heavy (non-hydrogen) atoms. The summed E-state index contributed by atoms with van der Waals surface area (Å²) in [4.78, 5) is 22.0. The van der Waals surface area contributed by atoms with Crippen LogP contribution in [0.1, 0.15) is 63.0 Å². The molecule has 0 aromatic heterocycles. The fourth-order valence-electron chi connectivity index (χ4n) is 16.4. The highest BCUT2D eigenvalue weighted by molar-refractivity contribution is 5.93. The van der Waals surface area contributed by atoms with Gasteiger partial charge in [-0.05, 0) is 81.3 Å². The predicted molar refractivity (Wildman–Crippen MR) is 189 cm³/mol. The van der Waals surface area contributed by atoms with Crippen molar-refractivity contribution < 1.29 is 24.1 Å². The number of para-hydroxylation sites is 2. The number of ether oxygens (including phenoxy) is 3. The number of nitrogens with zero attached hydrogens (tertiary/aromatic N) is 3. The number of aliphatic hydroxyl groups is 1. The number of piperidine rings is 3. The number of anilines is 2. The minimum atomic E-state index is -0.957. The van der Waals surface area contributed by atoms with Gasteiger partial charge >= 0.3 is 5.97 Å². The second-order valence-electron chi connectivity index (χ2n) is 18.6. The molecule has 12 unspecified atom stereocenters. The molecule has 9 aliphatic heterocycles. The van der Waals surface area contributed by atoms with Gasteiger partial charge in [-0.2, -0.15) is 0 Å². The minimum absolute atomic E-state index is 0.0147. The van der Waals surface area contributed by atoms with E-state index in [9.17, 15) is 9.90 Å². The molecule has 2 aliphatic carbocycles. The SMILES string of the molecule is CCC12CC3CC4(CN5CCC67C(=C(C(=O)OC)CC8(CCOC48)C56)Nc4ccccc47)CN4c5ccccc5C5(CCN(CC6OC61)C25)C34O. The number of rotatable bonds is 2. The standard InChI is InChI=1S/C42H48N4O5/c1-3-38-19-24-18-37(23-46-29-11-7-5-9-27(29)41(42(24,46)48)13-16-44(35(38)41)21-30-32(38)51-30)22-45-15-12-40-26-8-4-6-10-28(26)43-31(40)25(33(47)49-2)20-39(34(40)45)14-17-50-36(37)39/h4-11,24,30,32,34-36,43,48H,3,12-23H2,1-2H3. The van der Waals surface area contributed by atoms with Gasteiger partial charge in [-0.3, -0.25) is 9.80 Å². The van der Waals surface area contributed by atoms with Crippen molar-refractivity contribution in [3.63, 3.8) is 0 Å². The topological polar surface area (TPSA) is 90.0 Å². The molecule has 2 aromatic carbocycles. The first-order valence-corrected chi connectivity index (χ1v) is 19.8. The van der Waals surface area contributed by atoms with Gasteiger partial charge in [0.1, 0.15) is 0 Å². The Bertz CT molecular complexity index is 2000. The lowest BCUT2D eigenvalue weighted by atomic mass is 9.43. The summed E-state index contributed by atoms with van der Waals surface area (Å²) < 4.78 is 19.4. The van der Waals surface area contributed by atoms with Gasteiger partial charge < -0.3 is 29.5 Å².